The third kappa shape index (κ3) is 6.51. The van der Waals surface area contributed by atoms with Gasteiger partial charge in [0.25, 0.3) is 5.91 Å². The van der Waals surface area contributed by atoms with Gasteiger partial charge >= 0.3 is 0 Å². The summed E-state index contributed by atoms with van der Waals surface area (Å²) in [6.45, 7) is 0.0822. The van der Waals surface area contributed by atoms with Gasteiger partial charge in [0.05, 0.1) is 43.0 Å². The van der Waals surface area contributed by atoms with E-state index in [1.54, 1.807) is 24.4 Å². The molecule has 2 aliphatic carbocycles. The van der Waals surface area contributed by atoms with E-state index in [1.807, 2.05) is 42.8 Å². The van der Waals surface area contributed by atoms with E-state index in [0.29, 0.717) is 22.3 Å². The summed E-state index contributed by atoms with van der Waals surface area (Å²) in [5.74, 6) is -0.549. The van der Waals surface area contributed by atoms with Gasteiger partial charge in [0, 0.05) is 42.8 Å². The van der Waals surface area contributed by atoms with Crippen LogP contribution < -0.4 is 9.47 Å². The van der Waals surface area contributed by atoms with Crippen molar-refractivity contribution in [2.24, 2.45) is 4.99 Å². The molecule has 12 heteroatoms. The summed E-state index contributed by atoms with van der Waals surface area (Å²) in [6.07, 6.45) is 5.58. The van der Waals surface area contributed by atoms with E-state index in [4.69, 9.17) is 18.9 Å². The van der Waals surface area contributed by atoms with Crippen LogP contribution in [0, 0.1) is 6.42 Å². The number of ketones is 1. The van der Waals surface area contributed by atoms with Crippen LogP contribution in [0.15, 0.2) is 82.5 Å². The molecule has 274 valence electrons. The molecule has 3 aliphatic heterocycles. The number of hydrogen-bond acceptors (Lipinski definition) is 11. The highest BCUT2D eigenvalue weighted by atomic mass is 16.7. The standard InChI is InChI=1S/C41H40N2O10/c1-50-26-14-24-15-29(22-8-2-3-9-22)35(31(44)19-43-18-23-10-4-5-12-28(23)40(43)49)37(46)34(24)32(16-26)52-41-39(48)38(47)36(45)33(53-41)21-51-20-25-17-42-30-13-7-6-11-27(25)30/h4-7,10-17,22,33,36,38-39,41,45,47-48H,2-3,8-9,18-21H2,1H3/p+1. The van der Waals surface area contributed by atoms with Crippen molar-refractivity contribution in [2.45, 2.75) is 68.9 Å². The lowest BCUT2D eigenvalue weighted by Crippen LogP contribution is -2.60. The third-order valence-electron chi connectivity index (χ3n) is 10.8. The van der Waals surface area contributed by atoms with Gasteiger partial charge < -0.3 is 44.3 Å². The zero-order valence-corrected chi connectivity index (χ0v) is 29.2. The fraction of sp³-hybridized carbons (Fsp3) is 0.366. The predicted octanol–water partition coefficient (Wildman–Crippen LogP) is 4.29. The molecule has 0 radical (unpaired) electrons. The van der Waals surface area contributed by atoms with Crippen LogP contribution in [0.4, 0.5) is 0 Å². The molecule has 3 aromatic carbocycles. The number of amides is 1. The van der Waals surface area contributed by atoms with Crippen LogP contribution >= 0.6 is 0 Å². The second-order valence-electron chi connectivity index (χ2n) is 14.1. The van der Waals surface area contributed by atoms with E-state index in [1.165, 1.54) is 18.1 Å². The summed E-state index contributed by atoms with van der Waals surface area (Å²) in [5, 5.41) is 45.5. The minimum atomic E-state index is -1.69. The van der Waals surface area contributed by atoms with Crippen molar-refractivity contribution in [1.29, 1.82) is 0 Å². The Hall–Kier alpha value is -4.98. The van der Waals surface area contributed by atoms with Crippen LogP contribution in [0.25, 0.3) is 10.8 Å². The van der Waals surface area contributed by atoms with Crippen LogP contribution in [0.5, 0.6) is 17.2 Å². The van der Waals surface area contributed by atoms with Gasteiger partial charge in [0.2, 0.25) is 6.29 Å². The summed E-state index contributed by atoms with van der Waals surface area (Å²) in [7, 11) is 1.48. The molecule has 0 aromatic heterocycles. The molecule has 1 amide bonds. The molecule has 8 rings (SSSR count). The first kappa shape index (κ1) is 35.1. The number of aliphatic hydroxyl groups excluding tert-OH is 3. The molecule has 5 atom stereocenters. The Bertz CT molecular complexity index is 2080. The van der Waals surface area contributed by atoms with Gasteiger partial charge in [-0.1, -0.05) is 31.0 Å². The highest BCUT2D eigenvalue weighted by Crippen LogP contribution is 2.46. The number of aliphatic hydroxyl groups is 3. The van der Waals surface area contributed by atoms with Crippen molar-refractivity contribution in [3.8, 4) is 17.2 Å². The lowest BCUT2D eigenvalue weighted by atomic mass is 9.87. The van der Waals surface area contributed by atoms with Crippen molar-refractivity contribution < 1.29 is 49.0 Å². The summed E-state index contributed by atoms with van der Waals surface area (Å²) in [6, 6.07) is 12.3. The van der Waals surface area contributed by atoms with Gasteiger partial charge in [-0.3, -0.25) is 9.59 Å². The first-order valence-electron chi connectivity index (χ1n) is 17.9. The highest BCUT2D eigenvalue weighted by molar-refractivity contribution is 6.11. The molecular weight excluding hydrogens is 680 g/mol. The van der Waals surface area contributed by atoms with E-state index < -0.39 is 36.5 Å². The fourth-order valence-electron chi connectivity index (χ4n) is 7.99. The normalized spacial score (nSPS) is 25.1. The highest BCUT2D eigenvalue weighted by Gasteiger charge is 2.46. The molecule has 4 N–H and O–H groups in total. The van der Waals surface area contributed by atoms with E-state index in [0.717, 1.165) is 48.1 Å². The Balaban J connectivity index is 1.09. The number of hydrogen-bond donors (Lipinski definition) is 4. The minimum absolute atomic E-state index is 0.0225. The van der Waals surface area contributed by atoms with E-state index in [-0.39, 0.29) is 60.6 Å². The number of Topliss-reactive ketones (excluding diaryl/α,β-unsaturated/α-hetero) is 1. The fourth-order valence-corrected chi connectivity index (χ4v) is 7.99. The Morgan fingerprint density at radius 1 is 1.08 bits per heavy atom. The maximum Gasteiger partial charge on any atom is 0.254 e. The van der Waals surface area contributed by atoms with Gasteiger partial charge in [-0.25, -0.2) is 0 Å². The number of carbonyl (C=O) groups excluding carboxylic acids is 2. The maximum absolute atomic E-state index is 14.2. The lowest BCUT2D eigenvalue weighted by Gasteiger charge is -2.40. The third-order valence-corrected chi connectivity index (χ3v) is 10.8. The van der Waals surface area contributed by atoms with Gasteiger partial charge in [-0.15, -0.1) is 0 Å². The topological polar surface area (TPSA) is 168 Å². The number of phenolic OH excluding ortho intramolecular Hbond substituents is 1. The number of phenols is 1. The number of aromatic hydroxyl groups is 1. The number of benzene rings is 3. The van der Waals surface area contributed by atoms with Gasteiger partial charge in [0.15, 0.2) is 11.5 Å². The minimum Gasteiger partial charge on any atom is -0.506 e. The average Bonchev–Trinajstić information content (AvgIpc) is 3.92. The van der Waals surface area contributed by atoms with Gasteiger partial charge in [-0.05, 0) is 53.5 Å². The van der Waals surface area contributed by atoms with Crippen LogP contribution in [-0.4, -0.2) is 101 Å². The summed E-state index contributed by atoms with van der Waals surface area (Å²) >= 11 is 0. The van der Waals surface area contributed by atoms with Crippen molar-refractivity contribution in [2.75, 3.05) is 26.9 Å². The van der Waals surface area contributed by atoms with Crippen LogP contribution in [0.2, 0.25) is 0 Å². The molecule has 5 unspecified atom stereocenters. The van der Waals surface area contributed by atoms with Crippen LogP contribution in [0.1, 0.15) is 63.4 Å². The van der Waals surface area contributed by atoms with E-state index >= 15 is 0 Å². The Labute approximate surface area is 306 Å². The lowest BCUT2D eigenvalue weighted by molar-refractivity contribution is -0.279. The summed E-state index contributed by atoms with van der Waals surface area (Å²) in [5.41, 5.74) is 4.81. The molecule has 2 fully saturated rings. The van der Waals surface area contributed by atoms with Crippen molar-refractivity contribution in [3.05, 3.63) is 106 Å². The number of carbonyl (C=O) groups is 2. The molecule has 3 aromatic rings. The summed E-state index contributed by atoms with van der Waals surface area (Å²) < 4.78 is 23.7. The molecular formula is C41H41N2O10+. The molecule has 53 heavy (non-hydrogen) atoms. The smallest absolute Gasteiger partial charge is 0.254 e. The van der Waals surface area contributed by atoms with E-state index in [2.05, 4.69) is 4.99 Å². The number of nitrogens with zero attached hydrogens (tertiary/aromatic N) is 2. The van der Waals surface area contributed by atoms with Crippen molar-refractivity contribution >= 4 is 28.7 Å². The number of methoxy groups -OCH3 is 1. The second-order valence-corrected chi connectivity index (χ2v) is 14.1. The molecule has 12 nitrogen and oxygen atoms in total. The molecule has 5 aliphatic rings. The summed E-state index contributed by atoms with van der Waals surface area (Å²) in [4.78, 5) is 33.3. The SMILES string of the molecule is COc1cc(OC2OC(COCC3=C4[CH+]C=CC=C4N=C3)C(O)C(O)C2O)c2c(O)c(C(=O)CN3Cc4ccccc4C3=O)c(C3CCCC3)cc2c1. The molecule has 1 saturated carbocycles. The number of rotatable bonds is 11. The van der Waals surface area contributed by atoms with Crippen LogP contribution in [-0.2, 0) is 16.0 Å². The Kier molecular flexibility index (Phi) is 9.56. The average molecular weight is 722 g/mol. The first-order chi connectivity index (χ1) is 25.7. The predicted molar refractivity (Wildman–Crippen MR) is 194 cm³/mol. The number of fused-ring (bicyclic) bond motifs is 3. The monoisotopic (exact) mass is 721 g/mol. The first-order valence-corrected chi connectivity index (χ1v) is 17.9. The second kappa shape index (κ2) is 14.4. The zero-order chi connectivity index (χ0) is 36.8. The van der Waals surface area contributed by atoms with Crippen LogP contribution in [0.3, 0.4) is 0 Å². The molecule has 1 saturated heterocycles. The van der Waals surface area contributed by atoms with Crippen molar-refractivity contribution in [3.63, 3.8) is 0 Å². The number of allylic oxidation sites excluding steroid dienone is 4. The molecule has 3 heterocycles. The zero-order valence-electron chi connectivity index (χ0n) is 29.2. The Morgan fingerprint density at radius 2 is 1.89 bits per heavy atom. The largest absolute Gasteiger partial charge is 0.506 e. The molecule has 0 bridgehead atoms. The number of aliphatic imine (C=N–C) groups is 1. The van der Waals surface area contributed by atoms with Gasteiger partial charge in [0.1, 0.15) is 53.8 Å². The number of ether oxygens (including phenoxy) is 4. The Morgan fingerprint density at radius 3 is 2.68 bits per heavy atom. The maximum atomic E-state index is 14.2. The van der Waals surface area contributed by atoms with Crippen molar-refractivity contribution in [1.82, 2.24) is 4.90 Å². The van der Waals surface area contributed by atoms with E-state index in [9.17, 15) is 30.0 Å². The van der Waals surface area contributed by atoms with Gasteiger partial charge in [-0.2, -0.15) is 4.99 Å². The molecule has 0 spiro atoms. The quantitative estimate of drug-likeness (QED) is 0.166.